The normalized spacial score (nSPS) is 16.7. The van der Waals surface area contributed by atoms with Gasteiger partial charge in [0.2, 0.25) is 0 Å². The molecule has 0 unspecified atom stereocenters. The number of Topliss-reactive ketones (excluding diaryl/α,β-unsaturated/α-hetero) is 1. The van der Waals surface area contributed by atoms with Gasteiger partial charge in [-0.1, -0.05) is 6.42 Å². The Labute approximate surface area is 65.1 Å². The maximum Gasteiger partial charge on any atom is 0.263 e. The van der Waals surface area contributed by atoms with Crippen LogP contribution in [0.1, 0.15) is 32.1 Å². The molecule has 0 spiro atoms. The SMILES string of the molecule is C=C(F)F.O=C1CCCCC1. The van der Waals surface area contributed by atoms with E-state index in [-0.39, 0.29) is 0 Å². The van der Waals surface area contributed by atoms with Crippen LogP contribution in [0.4, 0.5) is 8.78 Å². The van der Waals surface area contributed by atoms with Crippen LogP contribution in [-0.2, 0) is 4.79 Å². The largest absolute Gasteiger partial charge is 0.300 e. The summed E-state index contributed by atoms with van der Waals surface area (Å²) in [6.07, 6.45) is 3.41. The molecule has 3 heteroatoms. The summed E-state index contributed by atoms with van der Waals surface area (Å²) < 4.78 is 20.3. The fourth-order valence-corrected chi connectivity index (χ4v) is 0.946. The Morgan fingerprint density at radius 1 is 1.18 bits per heavy atom. The molecule has 64 valence electrons. The van der Waals surface area contributed by atoms with Gasteiger partial charge in [-0.3, -0.25) is 4.79 Å². The number of carbonyl (C=O) groups is 1. The van der Waals surface area contributed by atoms with Gasteiger partial charge in [0.05, 0.1) is 0 Å². The molecule has 0 saturated heterocycles. The predicted octanol–water partition coefficient (Wildman–Crippen LogP) is 2.92. The van der Waals surface area contributed by atoms with E-state index < -0.39 is 6.08 Å². The molecule has 0 atom stereocenters. The summed E-state index contributed by atoms with van der Waals surface area (Å²) in [6.45, 7) is 2.22. The minimum absolute atomic E-state index is 0.464. The third kappa shape index (κ3) is 9.27. The summed E-state index contributed by atoms with van der Waals surface area (Å²) in [4.78, 5) is 10.5. The van der Waals surface area contributed by atoms with Crippen LogP contribution >= 0.6 is 0 Å². The van der Waals surface area contributed by atoms with Crippen molar-refractivity contribution in [2.24, 2.45) is 0 Å². The van der Waals surface area contributed by atoms with Gasteiger partial charge < -0.3 is 0 Å². The number of rotatable bonds is 0. The summed E-state index contributed by atoms with van der Waals surface area (Å²) in [5.74, 6) is 0.464. The Kier molecular flexibility index (Phi) is 5.61. The Morgan fingerprint density at radius 3 is 1.73 bits per heavy atom. The van der Waals surface area contributed by atoms with Gasteiger partial charge in [0.1, 0.15) is 5.78 Å². The van der Waals surface area contributed by atoms with E-state index in [0.717, 1.165) is 25.7 Å². The van der Waals surface area contributed by atoms with Crippen LogP contribution in [0.15, 0.2) is 12.7 Å². The second kappa shape index (κ2) is 6.01. The van der Waals surface area contributed by atoms with Crippen LogP contribution in [0.2, 0.25) is 0 Å². The molecule has 0 radical (unpaired) electrons. The van der Waals surface area contributed by atoms with Crippen molar-refractivity contribution in [3.8, 4) is 0 Å². The lowest BCUT2D eigenvalue weighted by Crippen LogP contribution is -2.02. The van der Waals surface area contributed by atoms with Crippen molar-refractivity contribution in [1.82, 2.24) is 0 Å². The van der Waals surface area contributed by atoms with Crippen LogP contribution in [0, 0.1) is 0 Å². The van der Waals surface area contributed by atoms with Gasteiger partial charge in [-0.05, 0) is 19.4 Å². The average molecular weight is 162 g/mol. The van der Waals surface area contributed by atoms with E-state index in [0.29, 0.717) is 5.78 Å². The molecule has 0 aliphatic heterocycles. The van der Waals surface area contributed by atoms with Gasteiger partial charge in [-0.2, -0.15) is 8.78 Å². The molecule has 0 bridgehead atoms. The maximum absolute atomic E-state index is 10.5. The molecule has 0 heterocycles. The van der Waals surface area contributed by atoms with Crippen molar-refractivity contribution in [3.05, 3.63) is 12.7 Å². The van der Waals surface area contributed by atoms with Crippen LogP contribution in [0.25, 0.3) is 0 Å². The highest BCUT2D eigenvalue weighted by atomic mass is 19.3. The second-order valence-corrected chi connectivity index (χ2v) is 2.44. The van der Waals surface area contributed by atoms with E-state index in [1.165, 1.54) is 6.42 Å². The van der Waals surface area contributed by atoms with Crippen LogP contribution in [0.3, 0.4) is 0 Å². The minimum atomic E-state index is -1.83. The lowest BCUT2D eigenvalue weighted by Gasteiger charge is -2.05. The zero-order valence-electron chi connectivity index (χ0n) is 6.41. The number of carbonyl (C=O) groups excluding carboxylic acids is 1. The van der Waals surface area contributed by atoms with Crippen molar-refractivity contribution in [3.63, 3.8) is 0 Å². The zero-order valence-corrected chi connectivity index (χ0v) is 6.41. The van der Waals surface area contributed by atoms with Gasteiger partial charge in [0.15, 0.2) is 0 Å². The summed E-state index contributed by atoms with van der Waals surface area (Å²) >= 11 is 0. The molecule has 0 aromatic carbocycles. The Morgan fingerprint density at radius 2 is 1.55 bits per heavy atom. The van der Waals surface area contributed by atoms with E-state index in [2.05, 4.69) is 6.58 Å². The van der Waals surface area contributed by atoms with Crippen LogP contribution < -0.4 is 0 Å². The van der Waals surface area contributed by atoms with Gasteiger partial charge >= 0.3 is 0 Å². The molecule has 1 fully saturated rings. The smallest absolute Gasteiger partial charge is 0.263 e. The van der Waals surface area contributed by atoms with E-state index in [1.807, 2.05) is 0 Å². The highest BCUT2D eigenvalue weighted by molar-refractivity contribution is 5.78. The maximum atomic E-state index is 10.5. The molecule has 0 amide bonds. The minimum Gasteiger partial charge on any atom is -0.300 e. The second-order valence-electron chi connectivity index (χ2n) is 2.44. The van der Waals surface area contributed by atoms with Crippen molar-refractivity contribution >= 4 is 5.78 Å². The molecule has 1 nitrogen and oxygen atoms in total. The number of hydrogen-bond acceptors (Lipinski definition) is 1. The average Bonchev–Trinajstić information content (AvgIpc) is 1.87. The van der Waals surface area contributed by atoms with E-state index in [9.17, 15) is 13.6 Å². The van der Waals surface area contributed by atoms with Gasteiger partial charge in [-0.25, -0.2) is 0 Å². The third-order valence-electron chi connectivity index (χ3n) is 1.41. The van der Waals surface area contributed by atoms with Crippen molar-refractivity contribution < 1.29 is 13.6 Å². The first-order chi connectivity index (χ1) is 5.13. The third-order valence-corrected chi connectivity index (χ3v) is 1.41. The first-order valence-corrected chi connectivity index (χ1v) is 3.64. The highest BCUT2D eigenvalue weighted by Gasteiger charge is 2.05. The standard InChI is InChI=1S/C6H10O.C2H2F2/c7-6-4-2-1-3-5-6;1-2(3)4/h1-5H2;1H2. The van der Waals surface area contributed by atoms with Gasteiger partial charge in [-0.15, -0.1) is 0 Å². The summed E-state index contributed by atoms with van der Waals surface area (Å²) in [7, 11) is 0. The van der Waals surface area contributed by atoms with E-state index in [4.69, 9.17) is 0 Å². The molecule has 0 N–H and O–H groups in total. The monoisotopic (exact) mass is 162 g/mol. The quantitative estimate of drug-likeness (QED) is 0.535. The number of ketones is 1. The zero-order chi connectivity index (χ0) is 8.69. The molecule has 1 aliphatic carbocycles. The summed E-state index contributed by atoms with van der Waals surface area (Å²) in [5, 5.41) is 0. The highest BCUT2D eigenvalue weighted by Crippen LogP contribution is 2.12. The lowest BCUT2D eigenvalue weighted by atomic mass is 10.00. The Bertz CT molecular complexity index is 131. The number of halogens is 2. The lowest BCUT2D eigenvalue weighted by molar-refractivity contribution is -0.120. The number of hydrogen-bond donors (Lipinski definition) is 0. The van der Waals surface area contributed by atoms with Crippen molar-refractivity contribution in [2.75, 3.05) is 0 Å². The molecule has 1 saturated carbocycles. The van der Waals surface area contributed by atoms with Gasteiger partial charge in [0, 0.05) is 12.8 Å². The molecule has 1 rings (SSSR count). The summed E-state index contributed by atoms with van der Waals surface area (Å²) in [5.41, 5.74) is 0. The molecular weight excluding hydrogens is 150 g/mol. The van der Waals surface area contributed by atoms with E-state index in [1.54, 1.807) is 0 Å². The first-order valence-electron chi connectivity index (χ1n) is 3.64. The molecule has 0 aromatic heterocycles. The van der Waals surface area contributed by atoms with Gasteiger partial charge in [0.25, 0.3) is 6.08 Å². The van der Waals surface area contributed by atoms with Crippen molar-refractivity contribution in [2.45, 2.75) is 32.1 Å². The Hall–Kier alpha value is -0.730. The predicted molar refractivity (Wildman–Crippen MR) is 39.4 cm³/mol. The summed E-state index contributed by atoms with van der Waals surface area (Å²) in [6, 6.07) is 0. The molecular formula is C8H12F2O. The van der Waals surface area contributed by atoms with Crippen LogP contribution in [-0.4, -0.2) is 5.78 Å². The fourth-order valence-electron chi connectivity index (χ4n) is 0.946. The topological polar surface area (TPSA) is 17.1 Å². The first kappa shape index (κ1) is 10.3. The van der Waals surface area contributed by atoms with Crippen molar-refractivity contribution in [1.29, 1.82) is 0 Å². The van der Waals surface area contributed by atoms with Crippen LogP contribution in [0.5, 0.6) is 0 Å². The fraction of sp³-hybridized carbons (Fsp3) is 0.625. The molecule has 1 aliphatic rings. The van der Waals surface area contributed by atoms with E-state index >= 15 is 0 Å². The molecule has 0 aromatic rings. The molecule has 11 heavy (non-hydrogen) atoms. The Balaban J connectivity index is 0.000000218.